The Morgan fingerprint density at radius 2 is 1.97 bits per heavy atom. The van der Waals surface area contributed by atoms with Gasteiger partial charge in [-0.3, -0.25) is 9.80 Å². The van der Waals surface area contributed by atoms with E-state index in [2.05, 4.69) is 30.7 Å². The zero-order chi connectivity index (χ0) is 24.3. The predicted molar refractivity (Wildman–Crippen MR) is 121 cm³/mol. The van der Waals surface area contributed by atoms with E-state index in [1.165, 1.54) is 11.2 Å². The maximum absolute atomic E-state index is 13.0. The van der Waals surface area contributed by atoms with Crippen molar-refractivity contribution in [3.05, 3.63) is 52.4 Å². The molecule has 1 amide bonds. The molecular formula is C21H18ClF3N8O. The average molecular weight is 491 g/mol. The van der Waals surface area contributed by atoms with Crippen LogP contribution in [0.1, 0.15) is 36.7 Å². The minimum atomic E-state index is -4.34. The summed E-state index contributed by atoms with van der Waals surface area (Å²) in [4.78, 5) is 30.3. The van der Waals surface area contributed by atoms with Crippen molar-refractivity contribution in [1.82, 2.24) is 20.4 Å². The van der Waals surface area contributed by atoms with Gasteiger partial charge in [0.2, 0.25) is 5.91 Å². The molecule has 9 nitrogen and oxygen atoms in total. The Morgan fingerprint density at radius 3 is 2.68 bits per heavy atom. The van der Waals surface area contributed by atoms with Gasteiger partial charge < -0.3 is 11.1 Å². The molecule has 5 rings (SSSR count). The number of halogens is 4. The number of aliphatic imine (C=N–C) groups is 2. The second-order valence-corrected chi connectivity index (χ2v) is 8.53. The Kier molecular flexibility index (Phi) is 5.10. The maximum Gasteiger partial charge on any atom is 0.389 e. The molecule has 0 spiro atoms. The number of rotatable bonds is 4. The first kappa shape index (κ1) is 22.3. The Balaban J connectivity index is 1.55. The van der Waals surface area contributed by atoms with E-state index in [4.69, 9.17) is 17.3 Å². The molecule has 1 atom stereocenters. The Hall–Kier alpha value is -3.51. The molecule has 0 saturated carbocycles. The first-order chi connectivity index (χ1) is 16.1. The number of anilines is 2. The smallest absolute Gasteiger partial charge is 0.383 e. The summed E-state index contributed by atoms with van der Waals surface area (Å²) in [6.45, 7) is 1.91. The molecule has 4 N–H and O–H groups in total. The monoisotopic (exact) mass is 490 g/mol. The van der Waals surface area contributed by atoms with Crippen LogP contribution in [0.4, 0.5) is 24.8 Å². The normalized spacial score (nSPS) is 21.5. The zero-order valence-electron chi connectivity index (χ0n) is 17.7. The summed E-state index contributed by atoms with van der Waals surface area (Å²) in [5.74, 6) is 0.301. The van der Waals surface area contributed by atoms with Crippen molar-refractivity contribution < 1.29 is 18.0 Å². The van der Waals surface area contributed by atoms with Crippen LogP contribution in [0.5, 0.6) is 0 Å². The van der Waals surface area contributed by atoms with Crippen LogP contribution in [-0.4, -0.2) is 45.3 Å². The number of nitrogens with two attached hydrogens (primary N) is 1. The highest BCUT2D eigenvalue weighted by molar-refractivity contribution is 6.43. The third-order valence-corrected chi connectivity index (χ3v) is 6.13. The summed E-state index contributed by atoms with van der Waals surface area (Å²) >= 11 is 5.99. The number of amides is 1. The molecule has 3 aliphatic rings. The molecular weight excluding hydrogens is 473 g/mol. The fourth-order valence-corrected chi connectivity index (χ4v) is 4.26. The number of nitrogens with one attached hydrogen (secondary N) is 2. The van der Waals surface area contributed by atoms with Crippen molar-refractivity contribution in [1.29, 1.82) is 0 Å². The fourth-order valence-electron chi connectivity index (χ4n) is 4.14. The van der Waals surface area contributed by atoms with E-state index in [1.54, 1.807) is 31.2 Å². The van der Waals surface area contributed by atoms with Gasteiger partial charge in [0, 0.05) is 17.9 Å². The van der Waals surface area contributed by atoms with Crippen molar-refractivity contribution in [2.45, 2.75) is 31.4 Å². The van der Waals surface area contributed by atoms with Crippen LogP contribution in [0.2, 0.25) is 5.02 Å². The number of alkyl halides is 3. The van der Waals surface area contributed by atoms with Gasteiger partial charge in [-0.05, 0) is 24.6 Å². The van der Waals surface area contributed by atoms with Gasteiger partial charge in [0.15, 0.2) is 11.7 Å². The zero-order valence-corrected chi connectivity index (χ0v) is 18.5. The molecule has 0 aliphatic carbocycles. The van der Waals surface area contributed by atoms with E-state index in [-0.39, 0.29) is 47.9 Å². The highest BCUT2D eigenvalue weighted by Gasteiger charge is 2.47. The van der Waals surface area contributed by atoms with Crippen molar-refractivity contribution in [3.8, 4) is 0 Å². The average Bonchev–Trinajstić information content (AvgIpc) is 3.35. The molecule has 13 heteroatoms. The quantitative estimate of drug-likeness (QED) is 0.605. The van der Waals surface area contributed by atoms with E-state index in [0.29, 0.717) is 22.0 Å². The van der Waals surface area contributed by atoms with Gasteiger partial charge in [0.05, 0.1) is 17.5 Å². The van der Waals surface area contributed by atoms with Crippen molar-refractivity contribution in [2.75, 3.05) is 17.7 Å². The standard InChI is InChI=1S/C21H18ClF3N8O/c1-20(10-2-4-11(22)5-3-10)14-15(26)30-16(31-17(14)32-19(20)34)13-8-33-18(27-9-28-33)12(29-13)6-7-21(23,24)25/h2-5,8,28H,6-7,9H2,1H3,(H3,26,30,31,32,34). The maximum atomic E-state index is 13.0. The van der Waals surface area contributed by atoms with Crippen LogP contribution in [0.15, 0.2) is 40.5 Å². The van der Waals surface area contributed by atoms with Gasteiger partial charge in [-0.2, -0.15) is 13.2 Å². The summed E-state index contributed by atoms with van der Waals surface area (Å²) in [6.07, 6.45) is -4.22. The molecule has 1 unspecified atom stereocenters. The molecule has 0 saturated heterocycles. The van der Waals surface area contributed by atoms with Crippen molar-refractivity contribution in [3.63, 3.8) is 0 Å². The number of nitrogens with zero attached hydrogens (tertiary/aromatic N) is 5. The Bertz CT molecular complexity index is 1290. The third kappa shape index (κ3) is 3.68. The third-order valence-electron chi connectivity index (χ3n) is 5.88. The second kappa shape index (κ2) is 7.77. The number of hydrogen-bond acceptors (Lipinski definition) is 8. The van der Waals surface area contributed by atoms with E-state index < -0.39 is 18.0 Å². The molecule has 0 radical (unpaired) electrons. The van der Waals surface area contributed by atoms with Crippen LogP contribution >= 0.6 is 11.6 Å². The first-order valence-electron chi connectivity index (χ1n) is 10.3. The fraction of sp³-hybridized carbons (Fsp3) is 0.286. The number of carbonyl (C=O) groups excluding carboxylic acids is 1. The lowest BCUT2D eigenvalue weighted by Crippen LogP contribution is -2.39. The van der Waals surface area contributed by atoms with Crippen LogP contribution in [0.3, 0.4) is 0 Å². The minimum absolute atomic E-state index is 0.0533. The largest absolute Gasteiger partial charge is 0.389 e. The molecule has 1 aromatic carbocycles. The van der Waals surface area contributed by atoms with Gasteiger partial charge >= 0.3 is 6.18 Å². The molecule has 4 heterocycles. The van der Waals surface area contributed by atoms with E-state index >= 15 is 0 Å². The number of nitrogen functional groups attached to an aromatic ring is 1. The lowest BCUT2D eigenvalue weighted by molar-refractivity contribution is -0.132. The number of carbonyl (C=O) groups is 1. The first-order valence-corrected chi connectivity index (χ1v) is 10.6. The summed E-state index contributed by atoms with van der Waals surface area (Å²) in [7, 11) is 0. The number of amidine groups is 1. The highest BCUT2D eigenvalue weighted by atomic mass is 35.5. The molecule has 1 aromatic heterocycles. The SMILES string of the molecule is CC1(c2ccc(Cl)cc2)C(=O)Nc2nc(C3=CN4NCN=C4C(CCC(F)(F)F)=N3)nc(N)c21. The molecule has 34 heavy (non-hydrogen) atoms. The summed E-state index contributed by atoms with van der Waals surface area (Å²) in [5, 5.41) is 4.75. The van der Waals surface area contributed by atoms with Crippen LogP contribution in [0, 0.1) is 0 Å². The van der Waals surface area contributed by atoms with Crippen LogP contribution in [-0.2, 0) is 10.2 Å². The van der Waals surface area contributed by atoms with Gasteiger partial charge in [-0.1, -0.05) is 23.7 Å². The molecule has 2 aromatic rings. The number of fused-ring (bicyclic) bond motifs is 2. The van der Waals surface area contributed by atoms with Gasteiger partial charge in [0.25, 0.3) is 0 Å². The Morgan fingerprint density at radius 1 is 1.24 bits per heavy atom. The summed E-state index contributed by atoms with van der Waals surface area (Å²) in [5.41, 5.74) is 9.47. The number of benzene rings is 1. The molecule has 0 bridgehead atoms. The number of aromatic nitrogens is 2. The number of hydrazine groups is 1. The van der Waals surface area contributed by atoms with Crippen molar-refractivity contribution in [2.24, 2.45) is 9.98 Å². The van der Waals surface area contributed by atoms with Crippen LogP contribution in [0.25, 0.3) is 5.70 Å². The van der Waals surface area contributed by atoms with E-state index in [0.717, 1.165) is 0 Å². The lowest BCUT2D eigenvalue weighted by Gasteiger charge is -2.24. The topological polar surface area (TPSA) is 121 Å². The van der Waals surface area contributed by atoms with Crippen molar-refractivity contribution >= 4 is 46.4 Å². The molecule has 176 valence electrons. The van der Waals surface area contributed by atoms with E-state index in [9.17, 15) is 18.0 Å². The van der Waals surface area contributed by atoms with Crippen LogP contribution < -0.4 is 16.5 Å². The van der Waals surface area contributed by atoms with Gasteiger partial charge in [0.1, 0.15) is 29.4 Å². The summed E-state index contributed by atoms with van der Waals surface area (Å²) < 4.78 is 38.5. The lowest BCUT2D eigenvalue weighted by atomic mass is 9.78. The second-order valence-electron chi connectivity index (χ2n) is 8.10. The van der Waals surface area contributed by atoms with Gasteiger partial charge in [-0.15, -0.1) is 0 Å². The predicted octanol–water partition coefficient (Wildman–Crippen LogP) is 3.24. The highest BCUT2D eigenvalue weighted by Crippen LogP contribution is 2.45. The minimum Gasteiger partial charge on any atom is -0.383 e. The summed E-state index contributed by atoms with van der Waals surface area (Å²) in [6, 6.07) is 6.80. The molecule has 0 fully saturated rings. The number of hydrogen-bond donors (Lipinski definition) is 3. The Labute approximate surface area is 196 Å². The molecule has 3 aliphatic heterocycles. The van der Waals surface area contributed by atoms with Gasteiger partial charge in [-0.25, -0.2) is 25.4 Å². The van der Waals surface area contributed by atoms with E-state index in [1.807, 2.05) is 0 Å².